The number of rotatable bonds is 4. The van der Waals surface area contributed by atoms with Crippen molar-refractivity contribution in [3.05, 3.63) is 20.8 Å². The van der Waals surface area contributed by atoms with Crippen LogP contribution in [-0.2, 0) is 16.1 Å². The average Bonchev–Trinajstić information content (AvgIpc) is 2.70. The number of hydrogen-bond acceptors (Lipinski definition) is 3. The van der Waals surface area contributed by atoms with Gasteiger partial charge in [0.05, 0.1) is 13.1 Å². The number of thiophene rings is 1. The van der Waals surface area contributed by atoms with Crippen LogP contribution in [0.25, 0.3) is 0 Å². The van der Waals surface area contributed by atoms with Gasteiger partial charge in [-0.1, -0.05) is 13.8 Å². The fraction of sp³-hybridized carbons (Fsp3) is 0.538. The number of piperazine rings is 1. The first kappa shape index (κ1) is 14.5. The molecular formula is C13H17BrN2O2S. The van der Waals surface area contributed by atoms with Crippen molar-refractivity contribution in [2.24, 2.45) is 5.92 Å². The van der Waals surface area contributed by atoms with E-state index in [0.29, 0.717) is 18.9 Å². The van der Waals surface area contributed by atoms with Gasteiger partial charge in [0.1, 0.15) is 6.04 Å². The second kappa shape index (κ2) is 6.05. The lowest BCUT2D eigenvalue weighted by molar-refractivity contribution is -0.145. The number of carbonyl (C=O) groups excluding carboxylic acids is 2. The minimum absolute atomic E-state index is 0.0219. The molecule has 19 heavy (non-hydrogen) atoms. The summed E-state index contributed by atoms with van der Waals surface area (Å²) in [6.07, 6.45) is 0.687. The van der Waals surface area contributed by atoms with Gasteiger partial charge in [-0.3, -0.25) is 9.59 Å². The van der Waals surface area contributed by atoms with E-state index in [1.54, 1.807) is 16.2 Å². The predicted octanol–water partition coefficient (Wildman–Crippen LogP) is 2.38. The summed E-state index contributed by atoms with van der Waals surface area (Å²) < 4.78 is 0.997. The van der Waals surface area contributed by atoms with Crippen molar-refractivity contribution in [1.82, 2.24) is 10.2 Å². The molecule has 0 aromatic carbocycles. The molecule has 2 heterocycles. The van der Waals surface area contributed by atoms with Gasteiger partial charge >= 0.3 is 0 Å². The normalized spacial score (nSPS) is 20.0. The summed E-state index contributed by atoms with van der Waals surface area (Å²) in [7, 11) is 0. The summed E-state index contributed by atoms with van der Waals surface area (Å²) >= 11 is 5.04. The van der Waals surface area contributed by atoms with Gasteiger partial charge in [-0.15, -0.1) is 11.3 Å². The maximum Gasteiger partial charge on any atom is 0.245 e. The van der Waals surface area contributed by atoms with Gasteiger partial charge in [0.15, 0.2) is 0 Å². The number of nitrogens with zero attached hydrogens (tertiary/aromatic N) is 1. The minimum Gasteiger partial charge on any atom is -0.343 e. The second-order valence-electron chi connectivity index (χ2n) is 5.14. The van der Waals surface area contributed by atoms with Gasteiger partial charge in [0.2, 0.25) is 11.8 Å². The van der Waals surface area contributed by atoms with Crippen LogP contribution in [0.2, 0.25) is 0 Å². The smallest absolute Gasteiger partial charge is 0.245 e. The molecule has 1 aromatic heterocycles. The van der Waals surface area contributed by atoms with Crippen LogP contribution in [-0.4, -0.2) is 29.3 Å². The molecule has 1 saturated heterocycles. The van der Waals surface area contributed by atoms with Crippen molar-refractivity contribution in [3.63, 3.8) is 0 Å². The third-order valence-corrected chi connectivity index (χ3v) is 4.92. The summed E-state index contributed by atoms with van der Waals surface area (Å²) in [5.41, 5.74) is 0. The molecule has 0 aliphatic carbocycles. The van der Waals surface area contributed by atoms with Crippen molar-refractivity contribution in [1.29, 1.82) is 0 Å². The van der Waals surface area contributed by atoms with Gasteiger partial charge in [-0.05, 0) is 39.7 Å². The molecule has 1 aromatic rings. The average molecular weight is 345 g/mol. The first-order valence-corrected chi connectivity index (χ1v) is 7.94. The van der Waals surface area contributed by atoms with E-state index in [2.05, 4.69) is 21.2 Å². The first-order valence-electron chi connectivity index (χ1n) is 6.27. The zero-order valence-corrected chi connectivity index (χ0v) is 13.4. The molecule has 0 bridgehead atoms. The topological polar surface area (TPSA) is 49.4 Å². The van der Waals surface area contributed by atoms with E-state index in [0.717, 1.165) is 9.35 Å². The molecule has 2 rings (SSSR count). The highest BCUT2D eigenvalue weighted by Gasteiger charge is 2.33. The Morgan fingerprint density at radius 1 is 1.53 bits per heavy atom. The van der Waals surface area contributed by atoms with Gasteiger partial charge < -0.3 is 10.2 Å². The lowest BCUT2D eigenvalue weighted by atomic mass is 10.0. The van der Waals surface area contributed by atoms with Crippen molar-refractivity contribution in [2.75, 3.05) is 6.54 Å². The van der Waals surface area contributed by atoms with Crippen LogP contribution in [0, 0.1) is 5.92 Å². The molecule has 1 aliphatic rings. The van der Waals surface area contributed by atoms with Crippen molar-refractivity contribution in [2.45, 2.75) is 32.9 Å². The molecule has 1 fully saturated rings. The Kier molecular flexibility index (Phi) is 4.62. The number of hydrogen-bond donors (Lipinski definition) is 1. The lowest BCUT2D eigenvalue weighted by Crippen LogP contribution is -2.57. The van der Waals surface area contributed by atoms with E-state index in [-0.39, 0.29) is 24.4 Å². The molecular weight excluding hydrogens is 328 g/mol. The van der Waals surface area contributed by atoms with Crippen LogP contribution < -0.4 is 5.32 Å². The maximum atomic E-state index is 12.3. The second-order valence-corrected chi connectivity index (χ2v) is 6.99. The molecule has 4 nitrogen and oxygen atoms in total. The van der Waals surface area contributed by atoms with Crippen molar-refractivity contribution in [3.8, 4) is 0 Å². The molecule has 1 atom stereocenters. The Morgan fingerprint density at radius 3 is 2.84 bits per heavy atom. The summed E-state index contributed by atoms with van der Waals surface area (Å²) in [6.45, 7) is 4.75. The molecule has 1 aliphatic heterocycles. The van der Waals surface area contributed by atoms with Crippen LogP contribution >= 0.6 is 27.3 Å². The van der Waals surface area contributed by atoms with Crippen molar-refractivity contribution >= 4 is 39.1 Å². The predicted molar refractivity (Wildman–Crippen MR) is 78.8 cm³/mol. The van der Waals surface area contributed by atoms with Crippen LogP contribution in [0.1, 0.15) is 25.1 Å². The Morgan fingerprint density at radius 2 is 2.26 bits per heavy atom. The molecule has 0 saturated carbocycles. The third-order valence-electron chi connectivity index (χ3n) is 3.01. The van der Waals surface area contributed by atoms with Gasteiger partial charge in [0, 0.05) is 9.35 Å². The van der Waals surface area contributed by atoms with E-state index in [1.807, 2.05) is 25.3 Å². The highest BCUT2D eigenvalue weighted by molar-refractivity contribution is 9.10. The number of amides is 2. The Balaban J connectivity index is 2.09. The summed E-state index contributed by atoms with van der Waals surface area (Å²) in [5, 5.41) is 4.75. The molecule has 1 unspecified atom stereocenters. The van der Waals surface area contributed by atoms with Crippen molar-refractivity contribution < 1.29 is 9.59 Å². The van der Waals surface area contributed by atoms with Gasteiger partial charge in [0.25, 0.3) is 0 Å². The third kappa shape index (κ3) is 3.57. The molecule has 104 valence electrons. The molecule has 6 heteroatoms. The fourth-order valence-corrected chi connectivity index (χ4v) is 3.64. The molecule has 1 N–H and O–H groups in total. The van der Waals surface area contributed by atoms with Gasteiger partial charge in [-0.2, -0.15) is 0 Å². The standard InChI is InChI=1S/C13H17BrN2O2S/c1-8(2)5-10-13(18)16(7-12(17)15-10)6-11-9(14)3-4-19-11/h3-4,8,10H,5-7H2,1-2H3,(H,15,17). The summed E-state index contributed by atoms with van der Waals surface area (Å²) in [5.74, 6) is 0.328. The highest BCUT2D eigenvalue weighted by atomic mass is 79.9. The molecule has 0 spiro atoms. The number of halogens is 1. The Hall–Kier alpha value is -0.880. The van der Waals surface area contributed by atoms with E-state index < -0.39 is 0 Å². The Labute approximate surface area is 125 Å². The SMILES string of the molecule is CC(C)CC1NC(=O)CN(Cc2sccc2Br)C1=O. The lowest BCUT2D eigenvalue weighted by Gasteiger charge is -2.33. The summed E-state index contributed by atoms with van der Waals surface area (Å²) in [4.78, 5) is 26.8. The zero-order chi connectivity index (χ0) is 14.0. The Bertz CT molecular complexity index is 487. The van der Waals surface area contributed by atoms with E-state index in [9.17, 15) is 9.59 Å². The summed E-state index contributed by atoms with van der Waals surface area (Å²) in [6, 6.07) is 1.58. The maximum absolute atomic E-state index is 12.3. The quantitative estimate of drug-likeness (QED) is 0.911. The molecule has 2 amide bonds. The van der Waals surface area contributed by atoms with Crippen LogP contribution in [0.15, 0.2) is 15.9 Å². The number of carbonyl (C=O) groups is 2. The van der Waals surface area contributed by atoms with E-state index >= 15 is 0 Å². The van der Waals surface area contributed by atoms with Gasteiger partial charge in [-0.25, -0.2) is 0 Å². The van der Waals surface area contributed by atoms with Crippen LogP contribution in [0.3, 0.4) is 0 Å². The minimum atomic E-state index is -0.375. The van der Waals surface area contributed by atoms with E-state index in [1.165, 1.54) is 0 Å². The largest absolute Gasteiger partial charge is 0.343 e. The number of nitrogens with one attached hydrogen (secondary N) is 1. The van der Waals surface area contributed by atoms with Crippen LogP contribution in [0.4, 0.5) is 0 Å². The molecule has 0 radical (unpaired) electrons. The monoisotopic (exact) mass is 344 g/mol. The van der Waals surface area contributed by atoms with E-state index in [4.69, 9.17) is 0 Å². The zero-order valence-electron chi connectivity index (χ0n) is 11.0. The fourth-order valence-electron chi connectivity index (χ4n) is 2.15. The highest BCUT2D eigenvalue weighted by Crippen LogP contribution is 2.25. The van der Waals surface area contributed by atoms with Crippen LogP contribution in [0.5, 0.6) is 0 Å². The first-order chi connectivity index (χ1) is 8.97.